The van der Waals surface area contributed by atoms with Crippen molar-refractivity contribution in [1.29, 1.82) is 0 Å². The zero-order valence-corrected chi connectivity index (χ0v) is 11.0. The number of rotatable bonds is 4. The maximum atomic E-state index is 10.0. The zero-order chi connectivity index (χ0) is 12.8. The molecular weight excluding hydrogens is 228 g/mol. The molecule has 1 N–H and O–H groups in total. The summed E-state index contributed by atoms with van der Waals surface area (Å²) in [5.74, 6) is 1.60. The van der Waals surface area contributed by atoms with E-state index in [9.17, 15) is 5.11 Å². The van der Waals surface area contributed by atoms with Gasteiger partial charge in [-0.1, -0.05) is 18.9 Å². The first-order chi connectivity index (χ1) is 8.79. The third-order valence-corrected chi connectivity index (χ3v) is 3.32. The van der Waals surface area contributed by atoms with Crippen LogP contribution in [-0.2, 0) is 0 Å². The Hall–Kier alpha value is -1.22. The Morgan fingerprint density at radius 2 is 1.94 bits per heavy atom. The lowest BCUT2D eigenvalue weighted by Crippen LogP contribution is -2.30. The maximum Gasteiger partial charge on any atom is 0.124 e. The van der Waals surface area contributed by atoms with E-state index in [0.29, 0.717) is 6.61 Å². The fourth-order valence-electron chi connectivity index (χ4n) is 2.37. The molecule has 1 aromatic rings. The minimum Gasteiger partial charge on any atom is -0.494 e. The van der Waals surface area contributed by atoms with E-state index >= 15 is 0 Å². The molecule has 0 radical (unpaired) electrons. The van der Waals surface area contributed by atoms with Gasteiger partial charge < -0.3 is 14.6 Å². The monoisotopic (exact) mass is 250 g/mol. The Morgan fingerprint density at radius 1 is 1.17 bits per heavy atom. The summed E-state index contributed by atoms with van der Waals surface area (Å²) in [6.45, 7) is 2.61. The fourth-order valence-corrected chi connectivity index (χ4v) is 2.37. The SMILES string of the molecule is CCOc1cccc(OC2CCCCCC2O)c1. The van der Waals surface area contributed by atoms with Gasteiger partial charge in [-0.15, -0.1) is 0 Å². The van der Waals surface area contributed by atoms with Crippen molar-refractivity contribution < 1.29 is 14.6 Å². The number of hydrogen-bond donors (Lipinski definition) is 1. The highest BCUT2D eigenvalue weighted by molar-refractivity contribution is 5.33. The second-order valence-electron chi connectivity index (χ2n) is 4.77. The van der Waals surface area contributed by atoms with Gasteiger partial charge in [-0.05, 0) is 38.3 Å². The lowest BCUT2D eigenvalue weighted by molar-refractivity contribution is 0.0318. The van der Waals surface area contributed by atoms with Gasteiger partial charge in [-0.3, -0.25) is 0 Å². The molecule has 0 amide bonds. The highest BCUT2D eigenvalue weighted by atomic mass is 16.5. The van der Waals surface area contributed by atoms with Crippen LogP contribution in [0.3, 0.4) is 0 Å². The Labute approximate surface area is 109 Å². The average molecular weight is 250 g/mol. The molecule has 1 aromatic carbocycles. The van der Waals surface area contributed by atoms with Crippen molar-refractivity contribution >= 4 is 0 Å². The zero-order valence-electron chi connectivity index (χ0n) is 11.0. The van der Waals surface area contributed by atoms with E-state index in [1.807, 2.05) is 31.2 Å². The normalized spacial score (nSPS) is 24.3. The molecule has 1 aliphatic rings. The fraction of sp³-hybridized carbons (Fsp3) is 0.600. The summed E-state index contributed by atoms with van der Waals surface area (Å²) < 4.78 is 11.3. The lowest BCUT2D eigenvalue weighted by Gasteiger charge is -2.22. The van der Waals surface area contributed by atoms with Crippen LogP contribution >= 0.6 is 0 Å². The van der Waals surface area contributed by atoms with Gasteiger partial charge in [0.2, 0.25) is 0 Å². The van der Waals surface area contributed by atoms with Crippen LogP contribution in [-0.4, -0.2) is 23.9 Å². The van der Waals surface area contributed by atoms with Gasteiger partial charge in [0, 0.05) is 6.07 Å². The lowest BCUT2D eigenvalue weighted by atomic mass is 10.1. The van der Waals surface area contributed by atoms with Crippen LogP contribution in [0.1, 0.15) is 39.0 Å². The van der Waals surface area contributed by atoms with Gasteiger partial charge in [0.05, 0.1) is 12.7 Å². The third kappa shape index (κ3) is 3.64. The van der Waals surface area contributed by atoms with Gasteiger partial charge in [0.1, 0.15) is 17.6 Å². The molecule has 1 aliphatic carbocycles. The van der Waals surface area contributed by atoms with Gasteiger partial charge in [-0.2, -0.15) is 0 Å². The van der Waals surface area contributed by atoms with Crippen molar-refractivity contribution in [2.45, 2.75) is 51.2 Å². The molecule has 2 rings (SSSR count). The van der Waals surface area contributed by atoms with Crippen LogP contribution in [0.15, 0.2) is 24.3 Å². The van der Waals surface area contributed by atoms with Gasteiger partial charge in [0.15, 0.2) is 0 Å². The van der Waals surface area contributed by atoms with E-state index in [4.69, 9.17) is 9.47 Å². The van der Waals surface area contributed by atoms with E-state index in [0.717, 1.165) is 37.2 Å². The molecule has 18 heavy (non-hydrogen) atoms. The molecule has 0 bridgehead atoms. The average Bonchev–Trinajstić information content (AvgIpc) is 2.56. The summed E-state index contributed by atoms with van der Waals surface area (Å²) in [5, 5.41) is 10.0. The second kappa shape index (κ2) is 6.64. The van der Waals surface area contributed by atoms with Gasteiger partial charge in [-0.25, -0.2) is 0 Å². The molecule has 2 unspecified atom stereocenters. The van der Waals surface area contributed by atoms with Gasteiger partial charge in [0.25, 0.3) is 0 Å². The van der Waals surface area contributed by atoms with Crippen LogP contribution in [0.25, 0.3) is 0 Å². The maximum absolute atomic E-state index is 10.0. The molecule has 3 heteroatoms. The summed E-state index contributed by atoms with van der Waals surface area (Å²) in [4.78, 5) is 0. The van der Waals surface area contributed by atoms with Crippen LogP contribution in [0, 0.1) is 0 Å². The van der Waals surface area contributed by atoms with Crippen molar-refractivity contribution in [1.82, 2.24) is 0 Å². The second-order valence-corrected chi connectivity index (χ2v) is 4.77. The molecule has 1 fully saturated rings. The van der Waals surface area contributed by atoms with Crippen molar-refractivity contribution in [2.24, 2.45) is 0 Å². The predicted octanol–water partition coefficient (Wildman–Crippen LogP) is 3.16. The summed E-state index contributed by atoms with van der Waals surface area (Å²) in [6, 6.07) is 7.64. The number of benzene rings is 1. The first kappa shape index (κ1) is 13.2. The summed E-state index contributed by atoms with van der Waals surface area (Å²) in [6.07, 6.45) is 4.77. The Bertz CT molecular complexity index is 365. The van der Waals surface area contributed by atoms with E-state index in [1.165, 1.54) is 6.42 Å². The Kier molecular flexibility index (Phi) is 4.88. The molecule has 1 saturated carbocycles. The Balaban J connectivity index is 2.00. The number of aliphatic hydroxyl groups is 1. The molecule has 0 spiro atoms. The van der Waals surface area contributed by atoms with Crippen LogP contribution in [0.5, 0.6) is 11.5 Å². The molecule has 3 nitrogen and oxygen atoms in total. The molecule has 0 heterocycles. The van der Waals surface area contributed by atoms with Crippen LogP contribution < -0.4 is 9.47 Å². The first-order valence-electron chi connectivity index (χ1n) is 6.87. The van der Waals surface area contributed by atoms with Crippen molar-refractivity contribution in [3.63, 3.8) is 0 Å². The highest BCUT2D eigenvalue weighted by Gasteiger charge is 2.23. The standard InChI is InChI=1S/C15H22O3/c1-2-17-12-7-6-8-13(11-12)18-15-10-5-3-4-9-14(15)16/h6-8,11,14-16H,2-5,9-10H2,1H3. The molecule has 0 aliphatic heterocycles. The molecule has 100 valence electrons. The third-order valence-electron chi connectivity index (χ3n) is 3.32. The molecule has 0 aromatic heterocycles. The number of hydrogen-bond acceptors (Lipinski definition) is 3. The first-order valence-corrected chi connectivity index (χ1v) is 6.87. The smallest absolute Gasteiger partial charge is 0.124 e. The summed E-state index contributed by atoms with van der Waals surface area (Å²) in [5.41, 5.74) is 0. The van der Waals surface area contributed by atoms with Crippen molar-refractivity contribution in [3.8, 4) is 11.5 Å². The van der Waals surface area contributed by atoms with Crippen LogP contribution in [0.2, 0.25) is 0 Å². The quantitative estimate of drug-likeness (QED) is 0.834. The van der Waals surface area contributed by atoms with Gasteiger partial charge >= 0.3 is 0 Å². The van der Waals surface area contributed by atoms with E-state index in [-0.39, 0.29) is 12.2 Å². The summed E-state index contributed by atoms with van der Waals surface area (Å²) in [7, 11) is 0. The minimum absolute atomic E-state index is 0.0793. The van der Waals surface area contributed by atoms with E-state index in [1.54, 1.807) is 0 Å². The minimum atomic E-state index is -0.344. The molecule has 2 atom stereocenters. The van der Waals surface area contributed by atoms with Crippen LogP contribution in [0.4, 0.5) is 0 Å². The highest BCUT2D eigenvalue weighted by Crippen LogP contribution is 2.25. The van der Waals surface area contributed by atoms with Crippen molar-refractivity contribution in [2.75, 3.05) is 6.61 Å². The van der Waals surface area contributed by atoms with E-state index in [2.05, 4.69) is 0 Å². The number of ether oxygens (including phenoxy) is 2. The summed E-state index contributed by atoms with van der Waals surface area (Å²) >= 11 is 0. The van der Waals surface area contributed by atoms with E-state index < -0.39 is 0 Å². The topological polar surface area (TPSA) is 38.7 Å². The van der Waals surface area contributed by atoms with Crippen molar-refractivity contribution in [3.05, 3.63) is 24.3 Å². The number of aliphatic hydroxyl groups excluding tert-OH is 1. The Morgan fingerprint density at radius 3 is 2.78 bits per heavy atom. The predicted molar refractivity (Wildman–Crippen MR) is 71.1 cm³/mol. The molecular formula is C15H22O3. The largest absolute Gasteiger partial charge is 0.494 e. The molecule has 0 saturated heterocycles.